The van der Waals surface area contributed by atoms with Crippen molar-refractivity contribution >= 4 is 47.8 Å². The van der Waals surface area contributed by atoms with Gasteiger partial charge in [0.1, 0.15) is 38.8 Å². The van der Waals surface area contributed by atoms with Crippen LogP contribution in [0.25, 0.3) is 0 Å². The largest absolute Gasteiger partial charge is 0.481 e. The van der Waals surface area contributed by atoms with E-state index in [2.05, 4.69) is 26.6 Å². The molecule has 0 saturated heterocycles. The molecule has 0 aliphatic carbocycles. The molecule has 0 rings (SSSR count). The second kappa shape index (κ2) is 51.0. The Bertz CT molecular complexity index is 1360. The van der Waals surface area contributed by atoms with Gasteiger partial charge in [0.2, 0.25) is 29.5 Å². The maximum atomic E-state index is 12.3. The molecule has 23 nitrogen and oxygen atoms in total. The highest BCUT2D eigenvalue weighted by Crippen LogP contribution is 2.14. The molecule has 5 amide bonds. The van der Waals surface area contributed by atoms with Gasteiger partial charge in [-0.25, -0.2) is 4.79 Å². The van der Waals surface area contributed by atoms with Crippen LogP contribution in [-0.2, 0) is 76.3 Å². The molecule has 0 radical (unpaired) electrons. The van der Waals surface area contributed by atoms with E-state index >= 15 is 0 Å². The molecule has 23 heteroatoms. The molecule has 7 N–H and O–H groups in total. The van der Waals surface area contributed by atoms with Gasteiger partial charge in [0.25, 0.3) is 0 Å². The van der Waals surface area contributed by atoms with Gasteiger partial charge in [-0.3, -0.25) is 28.8 Å². The molecule has 0 aromatic carbocycles. The van der Waals surface area contributed by atoms with E-state index < -0.39 is 18.0 Å². The van der Waals surface area contributed by atoms with Gasteiger partial charge >= 0.3 is 11.9 Å². The summed E-state index contributed by atoms with van der Waals surface area (Å²) in [6.45, 7) is 3.40. The lowest BCUT2D eigenvalue weighted by molar-refractivity contribution is -0.142. The molecule has 0 aromatic heterocycles. The van der Waals surface area contributed by atoms with Crippen molar-refractivity contribution < 1.29 is 86.5 Å². The monoisotopic (exact) mass is 1010 g/mol. The van der Waals surface area contributed by atoms with Crippen LogP contribution >= 0.6 is 0 Å². The fourth-order valence-corrected chi connectivity index (χ4v) is 6.28. The summed E-state index contributed by atoms with van der Waals surface area (Å²) in [7, 11) is 0. The van der Waals surface area contributed by atoms with E-state index in [1.807, 2.05) is 0 Å². The highest BCUT2D eigenvalue weighted by molar-refractivity contribution is 5.84. The Morgan fingerprint density at radius 3 is 1.06 bits per heavy atom. The van der Waals surface area contributed by atoms with Crippen LogP contribution in [0.5, 0.6) is 0 Å². The number of hydrogen-bond donors (Lipinski definition) is 7. The topological polar surface area (TPSA) is 311 Å². The van der Waals surface area contributed by atoms with Crippen molar-refractivity contribution in [1.29, 1.82) is 0 Å². The smallest absolute Gasteiger partial charge is 0.326 e. The number of ether oxygens (including phenoxy) is 8. The maximum Gasteiger partial charge on any atom is 0.326 e. The Hall–Kier alpha value is -4.36. The summed E-state index contributed by atoms with van der Waals surface area (Å²) in [5.41, 5.74) is 0. The number of amides is 5. The highest BCUT2D eigenvalue weighted by atomic mass is 16.5. The minimum Gasteiger partial charge on any atom is -0.481 e. The van der Waals surface area contributed by atoms with E-state index in [1.165, 1.54) is 38.5 Å². The molecule has 406 valence electrons. The second-order valence-electron chi connectivity index (χ2n) is 16.1. The standard InChI is InChI=1S/C47H85N5O18/c53-23-28-67-30-29-63-25-20-49-43(56)37-69-35-32-65-27-22-51-45(58)39-70-36-33-66-26-21-50-44(57)38-68-34-31-64-24-19-48-41(54)18-17-40(47(61)62)52-42(55)15-13-11-9-7-5-3-1-2-4-6-8-10-12-14-16-46(59)60/h23,40H,1-22,24-39H2,(H,48,54)(H,49,56)(H,50,57)(H,51,58)(H,52,55)(H,59,60)(H,61,62). The van der Waals surface area contributed by atoms with Crippen molar-refractivity contribution in [2.24, 2.45) is 0 Å². The maximum absolute atomic E-state index is 12.3. The fraction of sp³-hybridized carbons (Fsp3) is 0.830. The summed E-state index contributed by atoms with van der Waals surface area (Å²) < 4.78 is 42.1. The van der Waals surface area contributed by atoms with E-state index in [1.54, 1.807) is 0 Å². The van der Waals surface area contributed by atoms with Crippen LogP contribution in [0.1, 0.15) is 116 Å². The van der Waals surface area contributed by atoms with Crippen molar-refractivity contribution in [2.75, 3.05) is 132 Å². The first kappa shape index (κ1) is 65.6. The summed E-state index contributed by atoms with van der Waals surface area (Å²) >= 11 is 0. The van der Waals surface area contributed by atoms with Crippen LogP contribution < -0.4 is 26.6 Å². The average molecular weight is 1010 g/mol. The van der Waals surface area contributed by atoms with Gasteiger partial charge in [0, 0.05) is 45.4 Å². The number of carbonyl (C=O) groups excluding carboxylic acids is 6. The lowest BCUT2D eigenvalue weighted by Gasteiger charge is -2.14. The number of rotatable bonds is 54. The number of carboxylic acid groups (broad SMARTS) is 2. The molecule has 0 bridgehead atoms. The Kier molecular flexibility index (Phi) is 47.8. The van der Waals surface area contributed by atoms with Crippen LogP contribution in [0.3, 0.4) is 0 Å². The molecule has 0 fully saturated rings. The molecule has 0 heterocycles. The zero-order chi connectivity index (χ0) is 51.4. The fourth-order valence-electron chi connectivity index (χ4n) is 6.28. The van der Waals surface area contributed by atoms with Crippen molar-refractivity contribution in [3.8, 4) is 0 Å². The minimum absolute atomic E-state index is 0.0258. The SMILES string of the molecule is O=CCOCCOCCNC(=O)COCCOCCNC(=O)COCCOCCNC(=O)COCCOCCNC(=O)CCC(NC(=O)CCCCCCCCCCCCCCCCC(=O)O)C(=O)O. The number of aliphatic carboxylic acids is 2. The number of nitrogens with one attached hydrogen (secondary N) is 5. The van der Waals surface area contributed by atoms with Gasteiger partial charge in [0.05, 0.1) is 79.3 Å². The normalized spacial score (nSPS) is 11.4. The molecule has 0 saturated carbocycles. The lowest BCUT2D eigenvalue weighted by Crippen LogP contribution is -2.41. The predicted molar refractivity (Wildman–Crippen MR) is 255 cm³/mol. The molecule has 1 unspecified atom stereocenters. The van der Waals surface area contributed by atoms with E-state index in [9.17, 15) is 43.5 Å². The van der Waals surface area contributed by atoms with Crippen LogP contribution in [0, 0.1) is 0 Å². The summed E-state index contributed by atoms with van der Waals surface area (Å²) in [5, 5.41) is 31.3. The van der Waals surface area contributed by atoms with Gasteiger partial charge in [-0.1, -0.05) is 77.0 Å². The molecule has 0 spiro atoms. The van der Waals surface area contributed by atoms with Crippen LogP contribution in [0.15, 0.2) is 0 Å². The molecular weight excluding hydrogens is 923 g/mol. The van der Waals surface area contributed by atoms with Gasteiger partial charge in [0.15, 0.2) is 0 Å². The van der Waals surface area contributed by atoms with Gasteiger partial charge in [-0.15, -0.1) is 0 Å². The third kappa shape index (κ3) is 50.0. The zero-order valence-electron chi connectivity index (χ0n) is 41.5. The van der Waals surface area contributed by atoms with E-state index in [0.29, 0.717) is 39.1 Å². The summed E-state index contributed by atoms with van der Waals surface area (Å²) in [5.74, 6) is -3.56. The van der Waals surface area contributed by atoms with Crippen molar-refractivity contribution in [3.05, 3.63) is 0 Å². The molecule has 0 aliphatic heterocycles. The Morgan fingerprint density at radius 2 is 0.700 bits per heavy atom. The molecule has 1 atom stereocenters. The molecular formula is C47H85N5O18. The third-order valence-electron chi connectivity index (χ3n) is 9.99. The summed E-state index contributed by atoms with van der Waals surface area (Å²) in [6, 6.07) is -1.15. The van der Waals surface area contributed by atoms with Gasteiger partial charge in [-0.2, -0.15) is 0 Å². The quantitative estimate of drug-likeness (QED) is 0.0335. The van der Waals surface area contributed by atoms with Crippen molar-refractivity contribution in [2.45, 2.75) is 122 Å². The zero-order valence-corrected chi connectivity index (χ0v) is 41.5. The van der Waals surface area contributed by atoms with Crippen molar-refractivity contribution in [1.82, 2.24) is 26.6 Å². The number of unbranched alkanes of at least 4 members (excludes halogenated alkanes) is 13. The van der Waals surface area contributed by atoms with Crippen LogP contribution in [0.4, 0.5) is 0 Å². The summed E-state index contributed by atoms with van der Waals surface area (Å²) in [4.78, 5) is 92.4. The number of carboxylic acids is 2. The first-order valence-electron chi connectivity index (χ1n) is 24.9. The van der Waals surface area contributed by atoms with Gasteiger partial charge < -0.3 is 79.5 Å². The minimum atomic E-state index is -1.19. The number of aldehydes is 1. The lowest BCUT2D eigenvalue weighted by atomic mass is 10.0. The van der Waals surface area contributed by atoms with Crippen LogP contribution in [-0.4, -0.2) is 196 Å². The van der Waals surface area contributed by atoms with Crippen LogP contribution in [0.2, 0.25) is 0 Å². The molecule has 0 aromatic rings. The second-order valence-corrected chi connectivity index (χ2v) is 16.1. The molecule has 0 aliphatic rings. The number of carbonyl (C=O) groups is 8. The summed E-state index contributed by atoms with van der Waals surface area (Å²) in [6.07, 6.45) is 16.0. The van der Waals surface area contributed by atoms with E-state index in [4.69, 9.17) is 43.0 Å². The van der Waals surface area contributed by atoms with E-state index in [-0.39, 0.29) is 161 Å². The Labute approximate surface area is 413 Å². The van der Waals surface area contributed by atoms with E-state index in [0.717, 1.165) is 44.9 Å². The third-order valence-corrected chi connectivity index (χ3v) is 9.99. The highest BCUT2D eigenvalue weighted by Gasteiger charge is 2.21. The Morgan fingerprint density at radius 1 is 0.371 bits per heavy atom. The molecule has 70 heavy (non-hydrogen) atoms. The van der Waals surface area contributed by atoms with Gasteiger partial charge in [-0.05, 0) is 19.3 Å². The number of hydrogen-bond acceptors (Lipinski definition) is 16. The average Bonchev–Trinajstić information content (AvgIpc) is 3.33. The van der Waals surface area contributed by atoms with Crippen molar-refractivity contribution in [3.63, 3.8) is 0 Å². The first-order chi connectivity index (χ1) is 34.0. The predicted octanol–water partition coefficient (Wildman–Crippen LogP) is 1.46. The first-order valence-corrected chi connectivity index (χ1v) is 24.9. The Balaban J connectivity index is 3.59.